The number of aliphatic hydroxyl groups is 2. The Balaban J connectivity index is 2.00. The lowest BCUT2D eigenvalue weighted by atomic mass is 9.92. The van der Waals surface area contributed by atoms with E-state index in [1.54, 1.807) is 0 Å². The summed E-state index contributed by atoms with van der Waals surface area (Å²) < 4.78 is 1.48. The molecule has 9 heteroatoms. The molecule has 2 aliphatic heterocycles. The molecule has 0 bridgehead atoms. The van der Waals surface area contributed by atoms with Gasteiger partial charge < -0.3 is 15.3 Å². The maximum absolute atomic E-state index is 12.0. The van der Waals surface area contributed by atoms with Gasteiger partial charge in [-0.15, -0.1) is 0 Å². The zero-order chi connectivity index (χ0) is 15.3. The number of hydrogen-bond donors (Lipinski definition) is 3. The van der Waals surface area contributed by atoms with Crippen molar-refractivity contribution in [2.45, 2.75) is 25.0 Å². The van der Waals surface area contributed by atoms with Crippen LogP contribution in [0.5, 0.6) is 0 Å². The minimum Gasteiger partial charge on any atom is -0.476 e. The Morgan fingerprint density at radius 3 is 2.81 bits per heavy atom. The van der Waals surface area contributed by atoms with Crippen LogP contribution in [0.2, 0.25) is 0 Å². The maximum atomic E-state index is 12.0. The molecule has 1 aromatic rings. The Hall–Kier alpha value is -1.84. The van der Waals surface area contributed by atoms with Crippen molar-refractivity contribution >= 4 is 28.7 Å². The number of β-lactam (4-membered cyclic amide) rings is 1. The first kappa shape index (κ1) is 14.1. The molecule has 21 heavy (non-hydrogen) atoms. The minimum absolute atomic E-state index is 0.117. The molecule has 3 rings (SSSR count). The lowest BCUT2D eigenvalue weighted by molar-refractivity contribution is -0.156. The van der Waals surface area contributed by atoms with E-state index in [2.05, 4.69) is 4.98 Å². The summed E-state index contributed by atoms with van der Waals surface area (Å²) in [7, 11) is 0. The minimum atomic E-state index is -1.21. The molecule has 2 unspecified atom stereocenters. The largest absolute Gasteiger partial charge is 0.476 e. The molecule has 0 radical (unpaired) electrons. The van der Waals surface area contributed by atoms with Gasteiger partial charge in [-0.2, -0.15) is 0 Å². The molecule has 3 N–H and O–H groups in total. The maximum Gasteiger partial charge on any atom is 0.355 e. The van der Waals surface area contributed by atoms with Gasteiger partial charge in [-0.1, -0.05) is 11.8 Å². The molecule has 3 heterocycles. The number of carboxylic acids is 1. The first-order chi connectivity index (χ1) is 9.95. The molecule has 8 nitrogen and oxygen atoms in total. The highest BCUT2D eigenvalue weighted by atomic mass is 32.2. The zero-order valence-electron chi connectivity index (χ0n) is 11.0. The molecular formula is C12H13N3O5S. The summed E-state index contributed by atoms with van der Waals surface area (Å²) in [5, 5.41) is 28.0. The number of nitrogens with zero attached hydrogens (tertiary/aromatic N) is 3. The van der Waals surface area contributed by atoms with Crippen molar-refractivity contribution in [3.63, 3.8) is 0 Å². The summed E-state index contributed by atoms with van der Waals surface area (Å²) in [6.07, 6.45) is 2.07. The third kappa shape index (κ3) is 1.96. The quantitative estimate of drug-likeness (QED) is 0.642. The van der Waals surface area contributed by atoms with E-state index in [1.807, 2.05) is 0 Å². The van der Waals surface area contributed by atoms with Gasteiger partial charge in [-0.3, -0.25) is 14.3 Å². The van der Waals surface area contributed by atoms with E-state index in [4.69, 9.17) is 5.11 Å². The van der Waals surface area contributed by atoms with E-state index in [0.717, 1.165) is 0 Å². The van der Waals surface area contributed by atoms with Gasteiger partial charge in [0.05, 0.1) is 24.3 Å². The molecule has 112 valence electrons. The van der Waals surface area contributed by atoms with Crippen LogP contribution in [0.4, 0.5) is 0 Å². The molecule has 1 fully saturated rings. The van der Waals surface area contributed by atoms with Crippen LogP contribution in [0.15, 0.2) is 18.2 Å². The number of aliphatic carboxylic acids is 1. The van der Waals surface area contributed by atoms with Gasteiger partial charge in [-0.05, 0) is 6.92 Å². The van der Waals surface area contributed by atoms with E-state index in [-0.39, 0.29) is 12.3 Å². The first-order valence-corrected chi connectivity index (χ1v) is 7.13. The molecule has 1 amide bonds. The smallest absolute Gasteiger partial charge is 0.355 e. The second-order valence-electron chi connectivity index (χ2n) is 4.87. The summed E-state index contributed by atoms with van der Waals surface area (Å²) in [5.74, 6) is -2.21. The van der Waals surface area contributed by atoms with Gasteiger partial charge in [0.2, 0.25) is 5.91 Å². The fourth-order valence-electron chi connectivity index (χ4n) is 2.50. The zero-order valence-corrected chi connectivity index (χ0v) is 11.8. The van der Waals surface area contributed by atoms with Crippen LogP contribution in [-0.4, -0.2) is 53.1 Å². The SMILES string of the molecule is CC(O)C1C(=O)N2C(C(=O)O)=C(n3cnc(CO)c3)S[C@H]12. The van der Waals surface area contributed by atoms with E-state index < -0.39 is 29.3 Å². The number of carboxylic acid groups (broad SMARTS) is 1. The molecule has 0 spiro atoms. The monoisotopic (exact) mass is 311 g/mol. The van der Waals surface area contributed by atoms with Gasteiger partial charge in [0.1, 0.15) is 16.7 Å². The van der Waals surface area contributed by atoms with Crippen molar-refractivity contribution in [3.8, 4) is 0 Å². The van der Waals surface area contributed by atoms with Gasteiger partial charge >= 0.3 is 5.97 Å². The predicted molar refractivity (Wildman–Crippen MR) is 72.4 cm³/mol. The number of thioether (sulfide) groups is 1. The van der Waals surface area contributed by atoms with Crippen LogP contribution in [0.3, 0.4) is 0 Å². The topological polar surface area (TPSA) is 116 Å². The summed E-state index contributed by atoms with van der Waals surface area (Å²) in [4.78, 5) is 28.6. The van der Waals surface area contributed by atoms with Crippen LogP contribution in [0.1, 0.15) is 12.6 Å². The molecular weight excluding hydrogens is 298 g/mol. The standard InChI is InChI=1S/C12H13N3O5S/c1-5(17)7-9(18)15-8(12(19)20)11(21-10(7)15)14-2-6(3-16)13-4-14/h2,4-5,7,10,16-17H,3H2,1H3,(H,19,20)/t5?,7?,10-/m1/s1. The Labute approximate surface area is 123 Å². The van der Waals surface area contributed by atoms with Crippen LogP contribution < -0.4 is 0 Å². The Bertz CT molecular complexity index is 653. The number of carbonyl (C=O) groups excluding carboxylic acids is 1. The third-order valence-electron chi connectivity index (χ3n) is 3.52. The molecule has 3 atom stereocenters. The van der Waals surface area contributed by atoms with Crippen molar-refractivity contribution in [2.75, 3.05) is 0 Å². The van der Waals surface area contributed by atoms with Gasteiger partial charge in [0, 0.05) is 6.20 Å². The van der Waals surface area contributed by atoms with E-state index >= 15 is 0 Å². The number of imidazole rings is 1. The van der Waals surface area contributed by atoms with E-state index in [0.29, 0.717) is 10.7 Å². The lowest BCUT2D eigenvalue weighted by Gasteiger charge is -2.43. The van der Waals surface area contributed by atoms with Crippen molar-refractivity contribution in [1.29, 1.82) is 0 Å². The molecule has 1 aromatic heterocycles. The second kappa shape index (κ2) is 4.86. The van der Waals surface area contributed by atoms with Crippen molar-refractivity contribution in [3.05, 3.63) is 23.9 Å². The number of aliphatic hydroxyl groups excluding tert-OH is 2. The molecule has 0 aromatic carbocycles. The number of amides is 1. The van der Waals surface area contributed by atoms with Crippen LogP contribution >= 0.6 is 11.8 Å². The van der Waals surface area contributed by atoms with Crippen molar-refractivity contribution in [1.82, 2.24) is 14.5 Å². The summed E-state index contributed by atoms with van der Waals surface area (Å²) in [5.41, 5.74) is 0.286. The van der Waals surface area contributed by atoms with Gasteiger partial charge in [0.15, 0.2) is 5.70 Å². The number of rotatable bonds is 4. The van der Waals surface area contributed by atoms with Crippen LogP contribution in [0, 0.1) is 5.92 Å². The van der Waals surface area contributed by atoms with E-state index in [1.165, 1.54) is 40.7 Å². The highest BCUT2D eigenvalue weighted by Gasteiger charge is 2.58. The molecule has 0 saturated carbocycles. The summed E-state index contributed by atoms with van der Waals surface area (Å²) >= 11 is 1.20. The van der Waals surface area contributed by atoms with Crippen molar-refractivity contribution in [2.24, 2.45) is 5.92 Å². The predicted octanol–water partition coefficient (Wildman–Crippen LogP) is -0.502. The third-order valence-corrected chi connectivity index (χ3v) is 4.89. The highest BCUT2D eigenvalue weighted by molar-refractivity contribution is 8.08. The fourth-order valence-corrected chi connectivity index (χ4v) is 4.05. The fraction of sp³-hybridized carbons (Fsp3) is 0.417. The summed E-state index contributed by atoms with van der Waals surface area (Å²) in [6.45, 7) is 1.26. The molecule has 1 saturated heterocycles. The molecule has 2 aliphatic rings. The van der Waals surface area contributed by atoms with Crippen LogP contribution in [0.25, 0.3) is 5.03 Å². The Morgan fingerprint density at radius 2 is 2.29 bits per heavy atom. The first-order valence-electron chi connectivity index (χ1n) is 6.25. The van der Waals surface area contributed by atoms with Crippen LogP contribution in [-0.2, 0) is 16.2 Å². The normalized spacial score (nSPS) is 25.9. The van der Waals surface area contributed by atoms with Gasteiger partial charge in [0.25, 0.3) is 0 Å². The number of fused-ring (bicyclic) bond motifs is 1. The second-order valence-corrected chi connectivity index (χ2v) is 5.98. The highest BCUT2D eigenvalue weighted by Crippen LogP contribution is 2.51. The van der Waals surface area contributed by atoms with Crippen molar-refractivity contribution < 1.29 is 24.9 Å². The summed E-state index contributed by atoms with van der Waals surface area (Å²) in [6, 6.07) is 0. The van der Waals surface area contributed by atoms with Gasteiger partial charge in [-0.25, -0.2) is 9.78 Å². The number of hydrogen-bond acceptors (Lipinski definition) is 6. The lowest BCUT2D eigenvalue weighted by Crippen LogP contribution is -2.60. The molecule has 0 aliphatic carbocycles. The average molecular weight is 311 g/mol. The van der Waals surface area contributed by atoms with E-state index in [9.17, 15) is 19.8 Å². The Kier molecular flexibility index (Phi) is 3.27. The Morgan fingerprint density at radius 1 is 1.57 bits per heavy atom. The number of carbonyl (C=O) groups is 2. The number of aromatic nitrogens is 2. The average Bonchev–Trinajstić information content (AvgIpc) is 2.99.